The van der Waals surface area contributed by atoms with E-state index in [-0.39, 0.29) is 12.1 Å². The number of likely N-dealkylation sites (tertiary alicyclic amines) is 1. The van der Waals surface area contributed by atoms with Gasteiger partial charge in [0.25, 0.3) is 0 Å². The van der Waals surface area contributed by atoms with Gasteiger partial charge in [0.2, 0.25) is 0 Å². The van der Waals surface area contributed by atoms with E-state index in [0.29, 0.717) is 29.9 Å². The van der Waals surface area contributed by atoms with Crippen molar-refractivity contribution in [3.05, 3.63) is 36.8 Å². The number of aromatic nitrogens is 4. The fraction of sp³-hybridized carbons (Fsp3) is 0.478. The highest BCUT2D eigenvalue weighted by molar-refractivity contribution is 5.85. The molecule has 2 aromatic heterocycles. The third-order valence-corrected chi connectivity index (χ3v) is 5.36. The van der Waals surface area contributed by atoms with Crippen molar-refractivity contribution in [3.8, 4) is 11.4 Å². The molecule has 10 heteroatoms. The molecule has 1 aliphatic rings. The summed E-state index contributed by atoms with van der Waals surface area (Å²) in [5, 5.41) is 13.9. The average molecular weight is 452 g/mol. The van der Waals surface area contributed by atoms with Crippen molar-refractivity contribution in [2.45, 2.75) is 51.7 Å². The zero-order valence-electron chi connectivity index (χ0n) is 19.4. The van der Waals surface area contributed by atoms with E-state index in [1.54, 1.807) is 22.9 Å². The average Bonchev–Trinajstić information content (AvgIpc) is 3.23. The first kappa shape index (κ1) is 22.6. The summed E-state index contributed by atoms with van der Waals surface area (Å²) in [6, 6.07) is 7.52. The Morgan fingerprint density at radius 3 is 2.88 bits per heavy atom. The first-order valence-electron chi connectivity index (χ1n) is 11.1. The standard InChI is InChI=1S/C23H29N7O3/c1-23(2,3)33-22(31)29-11-6-5-8-17(29)13-26-28-20-19-14-27-30(21(19)25-15-24-20)16-9-7-10-18(12-16)32-4/h7,9-10,12,14-15,17H,5-6,8,11,13H2,1-4H3. The van der Waals surface area contributed by atoms with E-state index < -0.39 is 5.60 Å². The van der Waals surface area contributed by atoms with Crippen molar-refractivity contribution < 1.29 is 14.3 Å². The number of carbonyl (C=O) groups is 1. The van der Waals surface area contributed by atoms with Crippen LogP contribution in [0.2, 0.25) is 0 Å². The summed E-state index contributed by atoms with van der Waals surface area (Å²) in [4.78, 5) is 23.0. The first-order chi connectivity index (χ1) is 15.9. The van der Waals surface area contributed by atoms with E-state index in [1.807, 2.05) is 45.0 Å². The van der Waals surface area contributed by atoms with Gasteiger partial charge in [0, 0.05) is 12.6 Å². The minimum atomic E-state index is -0.532. The number of piperidine rings is 1. The molecule has 1 atom stereocenters. The van der Waals surface area contributed by atoms with Gasteiger partial charge in [0.05, 0.1) is 37.0 Å². The van der Waals surface area contributed by atoms with Crippen LogP contribution in [0.1, 0.15) is 40.0 Å². The molecule has 0 N–H and O–H groups in total. The van der Waals surface area contributed by atoms with E-state index in [4.69, 9.17) is 9.47 Å². The van der Waals surface area contributed by atoms with E-state index >= 15 is 0 Å². The van der Waals surface area contributed by atoms with E-state index in [9.17, 15) is 4.79 Å². The van der Waals surface area contributed by atoms with Gasteiger partial charge in [0.15, 0.2) is 11.5 Å². The van der Waals surface area contributed by atoms with E-state index in [0.717, 1.165) is 30.7 Å². The molecule has 0 spiro atoms. The van der Waals surface area contributed by atoms with Crippen molar-refractivity contribution in [1.29, 1.82) is 0 Å². The van der Waals surface area contributed by atoms with Crippen LogP contribution in [-0.4, -0.2) is 62.6 Å². The molecule has 1 fully saturated rings. The van der Waals surface area contributed by atoms with Gasteiger partial charge in [0.1, 0.15) is 17.7 Å². The predicted molar refractivity (Wildman–Crippen MR) is 123 cm³/mol. The molecule has 1 unspecified atom stereocenters. The molecule has 1 amide bonds. The van der Waals surface area contributed by atoms with Gasteiger partial charge >= 0.3 is 6.09 Å². The van der Waals surface area contributed by atoms with Crippen LogP contribution in [0.25, 0.3) is 16.7 Å². The number of hydrogen-bond donors (Lipinski definition) is 0. The molecule has 0 aliphatic carbocycles. The maximum absolute atomic E-state index is 12.6. The topological polar surface area (TPSA) is 107 Å². The van der Waals surface area contributed by atoms with Gasteiger partial charge in [-0.15, -0.1) is 5.11 Å². The summed E-state index contributed by atoms with van der Waals surface area (Å²) in [6.07, 6.45) is 5.70. The van der Waals surface area contributed by atoms with Crippen LogP contribution in [0, 0.1) is 0 Å². The van der Waals surface area contributed by atoms with Gasteiger partial charge in [-0.25, -0.2) is 19.4 Å². The molecule has 0 saturated carbocycles. The Morgan fingerprint density at radius 2 is 2.09 bits per heavy atom. The van der Waals surface area contributed by atoms with Crippen LogP contribution in [0.15, 0.2) is 47.0 Å². The van der Waals surface area contributed by atoms with Crippen LogP contribution in [-0.2, 0) is 4.74 Å². The Bertz CT molecular complexity index is 1150. The van der Waals surface area contributed by atoms with Crippen LogP contribution in [0.5, 0.6) is 5.75 Å². The lowest BCUT2D eigenvalue weighted by Gasteiger charge is -2.35. The summed E-state index contributed by atoms with van der Waals surface area (Å²) in [7, 11) is 1.62. The number of rotatable bonds is 5. The lowest BCUT2D eigenvalue weighted by Crippen LogP contribution is -2.47. The fourth-order valence-electron chi connectivity index (χ4n) is 3.80. The van der Waals surface area contributed by atoms with E-state index in [1.165, 1.54) is 6.33 Å². The van der Waals surface area contributed by atoms with Crippen molar-refractivity contribution in [2.75, 3.05) is 20.2 Å². The minimum absolute atomic E-state index is 0.0471. The maximum atomic E-state index is 12.6. The Kier molecular flexibility index (Phi) is 6.52. The summed E-state index contributed by atoms with van der Waals surface area (Å²) < 4.78 is 12.6. The molecule has 1 aliphatic heterocycles. The minimum Gasteiger partial charge on any atom is -0.497 e. The lowest BCUT2D eigenvalue weighted by atomic mass is 10.0. The van der Waals surface area contributed by atoms with Crippen LogP contribution < -0.4 is 4.74 Å². The number of amides is 1. The highest BCUT2D eigenvalue weighted by Crippen LogP contribution is 2.26. The number of methoxy groups -OCH3 is 1. The monoisotopic (exact) mass is 451 g/mol. The van der Waals surface area contributed by atoms with Crippen molar-refractivity contribution in [1.82, 2.24) is 24.6 Å². The molecule has 0 radical (unpaired) electrons. The fourth-order valence-corrected chi connectivity index (χ4v) is 3.80. The number of azo groups is 1. The van der Waals surface area contributed by atoms with Crippen molar-refractivity contribution in [2.24, 2.45) is 10.2 Å². The summed E-state index contributed by atoms with van der Waals surface area (Å²) in [6.45, 7) is 6.66. The van der Waals surface area contributed by atoms with Crippen molar-refractivity contribution in [3.63, 3.8) is 0 Å². The normalized spacial score (nSPS) is 17.0. The summed E-state index contributed by atoms with van der Waals surface area (Å²) in [5.41, 5.74) is 0.914. The zero-order chi connectivity index (χ0) is 23.4. The third-order valence-electron chi connectivity index (χ3n) is 5.36. The van der Waals surface area contributed by atoms with Crippen molar-refractivity contribution >= 4 is 22.9 Å². The smallest absolute Gasteiger partial charge is 0.410 e. The Labute approximate surface area is 192 Å². The molecule has 10 nitrogen and oxygen atoms in total. The summed E-state index contributed by atoms with van der Waals surface area (Å²) in [5.74, 6) is 1.17. The number of nitrogens with zero attached hydrogens (tertiary/aromatic N) is 7. The maximum Gasteiger partial charge on any atom is 0.410 e. The summed E-state index contributed by atoms with van der Waals surface area (Å²) >= 11 is 0. The second-order valence-corrected chi connectivity index (χ2v) is 8.94. The van der Waals surface area contributed by atoms with Gasteiger partial charge in [-0.05, 0) is 52.2 Å². The number of ether oxygens (including phenoxy) is 2. The molecule has 174 valence electrons. The number of hydrogen-bond acceptors (Lipinski definition) is 8. The number of carbonyl (C=O) groups excluding carboxylic acids is 1. The SMILES string of the molecule is COc1cccc(-n2ncc3c(N=NCC4CCCCN4C(=O)OC(C)(C)C)ncnc32)c1. The molecule has 3 heterocycles. The van der Waals surface area contributed by atoms with Gasteiger partial charge in [-0.1, -0.05) is 6.07 Å². The Hall–Kier alpha value is -3.56. The first-order valence-corrected chi connectivity index (χ1v) is 11.1. The van der Waals surface area contributed by atoms with E-state index in [2.05, 4.69) is 25.3 Å². The molecule has 0 bridgehead atoms. The zero-order valence-corrected chi connectivity index (χ0v) is 19.4. The van der Waals surface area contributed by atoms with Gasteiger partial charge < -0.3 is 14.4 Å². The Morgan fingerprint density at radius 1 is 1.24 bits per heavy atom. The largest absolute Gasteiger partial charge is 0.497 e. The third kappa shape index (κ3) is 5.27. The Balaban J connectivity index is 1.52. The quantitative estimate of drug-likeness (QED) is 0.521. The number of fused-ring (bicyclic) bond motifs is 1. The van der Waals surface area contributed by atoms with Gasteiger partial charge in [-0.3, -0.25) is 0 Å². The molecule has 3 aromatic rings. The number of benzene rings is 1. The molecular formula is C23H29N7O3. The highest BCUT2D eigenvalue weighted by atomic mass is 16.6. The van der Waals surface area contributed by atoms with Crippen LogP contribution in [0.4, 0.5) is 10.6 Å². The molecule has 1 aromatic carbocycles. The molecule has 1 saturated heterocycles. The highest BCUT2D eigenvalue weighted by Gasteiger charge is 2.30. The lowest BCUT2D eigenvalue weighted by molar-refractivity contribution is 0.0108. The van der Waals surface area contributed by atoms with Crippen LogP contribution >= 0.6 is 0 Å². The predicted octanol–water partition coefficient (Wildman–Crippen LogP) is 4.70. The second-order valence-electron chi connectivity index (χ2n) is 8.94. The second kappa shape index (κ2) is 9.51. The molecular weight excluding hydrogens is 422 g/mol. The molecule has 4 rings (SSSR count). The van der Waals surface area contributed by atoms with Gasteiger partial charge in [-0.2, -0.15) is 10.2 Å². The molecule has 33 heavy (non-hydrogen) atoms. The van der Waals surface area contributed by atoms with Crippen LogP contribution in [0.3, 0.4) is 0 Å².